The smallest absolute Gasteiger partial charge is 0.331 e. The number of esters is 1. The van der Waals surface area contributed by atoms with Gasteiger partial charge in [0.15, 0.2) is 6.61 Å². The van der Waals surface area contributed by atoms with Crippen LogP contribution in [-0.2, 0) is 14.3 Å². The highest BCUT2D eigenvalue weighted by molar-refractivity contribution is 5.89. The number of carbonyl (C=O) groups is 2. The Morgan fingerprint density at radius 3 is 2.72 bits per heavy atom. The van der Waals surface area contributed by atoms with Crippen molar-refractivity contribution in [3.8, 4) is 11.5 Å². The molecule has 6 heteroatoms. The molecule has 1 atom stereocenters. The summed E-state index contributed by atoms with van der Waals surface area (Å²) in [6.07, 6.45) is 6.01. The molecule has 0 unspecified atom stereocenters. The molecular weight excluding hydrogens is 322 g/mol. The van der Waals surface area contributed by atoms with Gasteiger partial charge in [-0.25, -0.2) is 4.79 Å². The summed E-state index contributed by atoms with van der Waals surface area (Å²) < 4.78 is 15.5. The van der Waals surface area contributed by atoms with E-state index < -0.39 is 5.97 Å². The van der Waals surface area contributed by atoms with E-state index in [0.29, 0.717) is 11.5 Å². The SMILES string of the molecule is COc1ccc(/C=C/C(=O)OCC(=O)N2CCCC[C@@H]2C)c(OC)c1. The van der Waals surface area contributed by atoms with Crippen LogP contribution < -0.4 is 9.47 Å². The van der Waals surface area contributed by atoms with Crippen LogP contribution in [0.3, 0.4) is 0 Å². The molecule has 1 aliphatic rings. The molecule has 1 aromatic carbocycles. The Morgan fingerprint density at radius 2 is 2.04 bits per heavy atom. The Balaban J connectivity index is 1.89. The lowest BCUT2D eigenvalue weighted by molar-refractivity contribution is -0.149. The Kier molecular flexibility index (Phi) is 6.86. The first-order chi connectivity index (χ1) is 12.0. The van der Waals surface area contributed by atoms with Crippen molar-refractivity contribution >= 4 is 18.0 Å². The van der Waals surface area contributed by atoms with E-state index in [1.54, 1.807) is 43.4 Å². The number of rotatable bonds is 6. The largest absolute Gasteiger partial charge is 0.497 e. The highest BCUT2D eigenvalue weighted by atomic mass is 16.5. The molecule has 1 fully saturated rings. The maximum Gasteiger partial charge on any atom is 0.331 e. The Bertz CT molecular complexity index is 641. The zero-order chi connectivity index (χ0) is 18.2. The molecule has 2 rings (SSSR count). The van der Waals surface area contributed by atoms with E-state index in [2.05, 4.69) is 0 Å². The summed E-state index contributed by atoms with van der Waals surface area (Å²) in [6.45, 7) is 2.53. The molecule has 136 valence electrons. The lowest BCUT2D eigenvalue weighted by atomic mass is 10.0. The van der Waals surface area contributed by atoms with E-state index in [4.69, 9.17) is 14.2 Å². The van der Waals surface area contributed by atoms with E-state index in [-0.39, 0.29) is 18.6 Å². The molecule has 1 aliphatic heterocycles. The number of hydrogen-bond acceptors (Lipinski definition) is 5. The van der Waals surface area contributed by atoms with Gasteiger partial charge in [-0.1, -0.05) is 0 Å². The molecule has 1 aromatic rings. The molecule has 0 aliphatic carbocycles. The zero-order valence-electron chi connectivity index (χ0n) is 15.0. The van der Waals surface area contributed by atoms with E-state index in [0.717, 1.165) is 31.4 Å². The normalized spacial score (nSPS) is 17.4. The highest BCUT2D eigenvalue weighted by Gasteiger charge is 2.23. The zero-order valence-corrected chi connectivity index (χ0v) is 15.0. The molecule has 6 nitrogen and oxygen atoms in total. The molecule has 0 saturated carbocycles. The van der Waals surface area contributed by atoms with Crippen LogP contribution in [0.2, 0.25) is 0 Å². The van der Waals surface area contributed by atoms with Crippen LogP contribution in [0.1, 0.15) is 31.7 Å². The summed E-state index contributed by atoms with van der Waals surface area (Å²) in [4.78, 5) is 25.8. The second kappa shape index (κ2) is 9.11. The minimum Gasteiger partial charge on any atom is -0.497 e. The van der Waals surface area contributed by atoms with Gasteiger partial charge in [-0.15, -0.1) is 0 Å². The maximum absolute atomic E-state index is 12.1. The van der Waals surface area contributed by atoms with Gasteiger partial charge < -0.3 is 19.1 Å². The van der Waals surface area contributed by atoms with Gasteiger partial charge in [0, 0.05) is 30.3 Å². The third-order valence-corrected chi connectivity index (χ3v) is 4.30. The molecule has 1 heterocycles. The topological polar surface area (TPSA) is 65.1 Å². The fourth-order valence-corrected chi connectivity index (χ4v) is 2.85. The Morgan fingerprint density at radius 1 is 1.24 bits per heavy atom. The second-order valence-electron chi connectivity index (χ2n) is 5.98. The van der Waals surface area contributed by atoms with E-state index in [9.17, 15) is 9.59 Å². The number of benzene rings is 1. The summed E-state index contributed by atoms with van der Waals surface area (Å²) in [7, 11) is 3.12. The molecule has 25 heavy (non-hydrogen) atoms. The van der Waals surface area contributed by atoms with Crippen molar-refractivity contribution in [3.05, 3.63) is 29.8 Å². The predicted molar refractivity (Wildman–Crippen MR) is 94.6 cm³/mol. The molecule has 0 radical (unpaired) electrons. The van der Waals surface area contributed by atoms with Crippen molar-refractivity contribution < 1.29 is 23.8 Å². The lowest BCUT2D eigenvalue weighted by Crippen LogP contribution is -2.44. The number of likely N-dealkylation sites (tertiary alicyclic amines) is 1. The van der Waals surface area contributed by atoms with Gasteiger partial charge in [0.1, 0.15) is 11.5 Å². The van der Waals surface area contributed by atoms with Crippen LogP contribution in [0.15, 0.2) is 24.3 Å². The Labute approximate surface area is 148 Å². The third kappa shape index (κ3) is 5.24. The first kappa shape index (κ1) is 18.8. The van der Waals surface area contributed by atoms with Crippen molar-refractivity contribution in [1.82, 2.24) is 4.90 Å². The van der Waals surface area contributed by atoms with Crippen molar-refractivity contribution in [3.63, 3.8) is 0 Å². The second-order valence-corrected chi connectivity index (χ2v) is 5.98. The van der Waals surface area contributed by atoms with Crippen molar-refractivity contribution in [2.75, 3.05) is 27.4 Å². The monoisotopic (exact) mass is 347 g/mol. The summed E-state index contributed by atoms with van der Waals surface area (Å²) in [5.74, 6) is 0.548. The molecule has 1 saturated heterocycles. The number of amides is 1. The van der Waals surface area contributed by atoms with Crippen molar-refractivity contribution in [2.45, 2.75) is 32.2 Å². The average molecular weight is 347 g/mol. The summed E-state index contributed by atoms with van der Waals surface area (Å²) in [5.41, 5.74) is 0.719. The van der Waals surface area contributed by atoms with E-state index in [1.165, 1.54) is 6.08 Å². The van der Waals surface area contributed by atoms with Gasteiger partial charge in [0.2, 0.25) is 0 Å². The number of nitrogens with zero attached hydrogens (tertiary/aromatic N) is 1. The Hall–Kier alpha value is -2.50. The molecule has 0 aromatic heterocycles. The fraction of sp³-hybridized carbons (Fsp3) is 0.474. The van der Waals surface area contributed by atoms with Crippen molar-refractivity contribution in [1.29, 1.82) is 0 Å². The van der Waals surface area contributed by atoms with Crippen LogP contribution in [0.4, 0.5) is 0 Å². The third-order valence-electron chi connectivity index (χ3n) is 4.30. The van der Waals surface area contributed by atoms with Gasteiger partial charge in [-0.05, 0) is 44.4 Å². The molecule has 0 N–H and O–H groups in total. The quantitative estimate of drug-likeness (QED) is 0.585. The van der Waals surface area contributed by atoms with E-state index >= 15 is 0 Å². The minimum atomic E-state index is -0.559. The molecule has 1 amide bonds. The van der Waals surface area contributed by atoms with Gasteiger partial charge in [-0.3, -0.25) is 4.79 Å². The van der Waals surface area contributed by atoms with Crippen LogP contribution in [0, 0.1) is 0 Å². The molecule has 0 spiro atoms. The standard InChI is InChI=1S/C19H25NO5/c1-14-6-4-5-11-20(14)18(21)13-25-19(22)10-8-15-7-9-16(23-2)12-17(15)24-3/h7-10,12,14H,4-6,11,13H2,1-3H3/b10-8+/t14-/m0/s1. The summed E-state index contributed by atoms with van der Waals surface area (Å²) in [6, 6.07) is 5.49. The van der Waals surface area contributed by atoms with Crippen molar-refractivity contribution in [2.24, 2.45) is 0 Å². The first-order valence-corrected chi connectivity index (χ1v) is 8.41. The number of hydrogen-bond donors (Lipinski definition) is 0. The lowest BCUT2D eigenvalue weighted by Gasteiger charge is -2.33. The molecule has 0 bridgehead atoms. The maximum atomic E-state index is 12.1. The van der Waals surface area contributed by atoms with Crippen LogP contribution in [-0.4, -0.2) is 50.2 Å². The van der Waals surface area contributed by atoms with Gasteiger partial charge in [-0.2, -0.15) is 0 Å². The fourth-order valence-electron chi connectivity index (χ4n) is 2.85. The number of methoxy groups -OCH3 is 2. The summed E-state index contributed by atoms with van der Waals surface area (Å²) in [5, 5.41) is 0. The van der Waals surface area contributed by atoms with E-state index in [1.807, 2.05) is 6.92 Å². The average Bonchev–Trinajstić information content (AvgIpc) is 2.64. The summed E-state index contributed by atoms with van der Waals surface area (Å²) >= 11 is 0. The highest BCUT2D eigenvalue weighted by Crippen LogP contribution is 2.25. The number of carbonyl (C=O) groups excluding carboxylic acids is 2. The van der Waals surface area contributed by atoms with Crippen LogP contribution in [0.5, 0.6) is 11.5 Å². The van der Waals surface area contributed by atoms with Crippen LogP contribution in [0.25, 0.3) is 6.08 Å². The predicted octanol–water partition coefficient (Wildman–Crippen LogP) is 2.66. The molecular formula is C19H25NO5. The van der Waals surface area contributed by atoms with Crippen LogP contribution >= 0.6 is 0 Å². The van der Waals surface area contributed by atoms with Gasteiger partial charge >= 0.3 is 5.97 Å². The number of piperidine rings is 1. The first-order valence-electron chi connectivity index (χ1n) is 8.41. The minimum absolute atomic E-state index is 0.143. The number of ether oxygens (including phenoxy) is 3. The van der Waals surface area contributed by atoms with Gasteiger partial charge in [0.25, 0.3) is 5.91 Å². The van der Waals surface area contributed by atoms with Gasteiger partial charge in [0.05, 0.1) is 14.2 Å².